The fourth-order valence-electron chi connectivity index (χ4n) is 2.90. The van der Waals surface area contributed by atoms with Crippen LogP contribution in [-0.2, 0) is 15.6 Å². The third-order valence-electron chi connectivity index (χ3n) is 5.41. The lowest BCUT2D eigenvalue weighted by molar-refractivity contribution is -0.119. The van der Waals surface area contributed by atoms with E-state index in [1.165, 1.54) is 11.1 Å². The van der Waals surface area contributed by atoms with Gasteiger partial charge in [0.15, 0.2) is 8.32 Å². The van der Waals surface area contributed by atoms with E-state index < -0.39 is 8.32 Å². The summed E-state index contributed by atoms with van der Waals surface area (Å²) in [5, 5.41) is 0.229. The van der Waals surface area contributed by atoms with Gasteiger partial charge in [0, 0.05) is 12.3 Å². The van der Waals surface area contributed by atoms with Crippen LogP contribution in [0.15, 0.2) is 36.4 Å². The van der Waals surface area contributed by atoms with Gasteiger partial charge in [0.1, 0.15) is 5.78 Å². The smallest absolute Gasteiger partial charge is 0.192 e. The number of carbonyl (C=O) groups excluding carboxylic acids is 1. The molecule has 2 atom stereocenters. The molecular formula is C20H30O2Si. The molecule has 2 unspecified atom stereocenters. The van der Waals surface area contributed by atoms with Crippen LogP contribution in [0.3, 0.4) is 0 Å². The monoisotopic (exact) mass is 330 g/mol. The van der Waals surface area contributed by atoms with Gasteiger partial charge >= 0.3 is 0 Å². The molecule has 23 heavy (non-hydrogen) atoms. The molecule has 1 aromatic rings. The Balaban J connectivity index is 1.98. The molecule has 1 aliphatic rings. The largest absolute Gasteiger partial charge is 0.413 e. The van der Waals surface area contributed by atoms with E-state index in [-0.39, 0.29) is 16.9 Å². The zero-order valence-corrected chi connectivity index (χ0v) is 16.3. The summed E-state index contributed by atoms with van der Waals surface area (Å²) in [5.41, 5.74) is 2.40. The number of benzene rings is 1. The predicted octanol–water partition coefficient (Wildman–Crippen LogP) is 5.11. The molecule has 0 radical (unpaired) electrons. The Morgan fingerprint density at radius 2 is 1.96 bits per heavy atom. The summed E-state index contributed by atoms with van der Waals surface area (Å²) in [4.78, 5) is 12.3. The highest BCUT2D eigenvalue weighted by atomic mass is 28.4. The summed E-state index contributed by atoms with van der Waals surface area (Å²) in [5.74, 6) is 0.568. The maximum atomic E-state index is 12.3. The zero-order valence-electron chi connectivity index (χ0n) is 15.3. The minimum Gasteiger partial charge on any atom is -0.413 e. The predicted molar refractivity (Wildman–Crippen MR) is 99.3 cm³/mol. The van der Waals surface area contributed by atoms with Gasteiger partial charge in [-0.05, 0) is 35.2 Å². The maximum Gasteiger partial charge on any atom is 0.192 e. The van der Waals surface area contributed by atoms with Crippen molar-refractivity contribution in [2.45, 2.75) is 58.2 Å². The minimum absolute atomic E-state index is 0.00956. The van der Waals surface area contributed by atoms with Crippen LogP contribution in [0.1, 0.15) is 44.7 Å². The van der Waals surface area contributed by atoms with E-state index in [4.69, 9.17) is 4.43 Å². The van der Waals surface area contributed by atoms with E-state index in [1.54, 1.807) is 0 Å². The normalized spacial score (nSPS) is 20.1. The summed E-state index contributed by atoms with van der Waals surface area (Å²) < 4.78 is 6.17. The Morgan fingerprint density at radius 1 is 1.30 bits per heavy atom. The molecule has 0 saturated heterocycles. The molecule has 1 aromatic carbocycles. The summed E-state index contributed by atoms with van der Waals surface area (Å²) in [6, 6.07) is 8.22. The van der Waals surface area contributed by atoms with Crippen molar-refractivity contribution in [3.63, 3.8) is 0 Å². The lowest BCUT2D eigenvalue weighted by Gasteiger charge is -2.35. The Bertz CT molecular complexity index is 596. The maximum absolute atomic E-state index is 12.3. The van der Waals surface area contributed by atoms with E-state index in [9.17, 15) is 4.79 Å². The number of fused-ring (bicyclic) bond motifs is 1. The number of allylic oxidation sites excluding steroid dienone is 1. The molecule has 3 heteroatoms. The molecule has 0 aromatic heterocycles. The lowest BCUT2D eigenvalue weighted by atomic mass is 9.88. The van der Waals surface area contributed by atoms with Gasteiger partial charge in [-0.1, -0.05) is 64.1 Å². The van der Waals surface area contributed by atoms with Crippen LogP contribution in [0.5, 0.6) is 0 Å². The average Bonchev–Trinajstić information content (AvgIpc) is 2.78. The van der Waals surface area contributed by atoms with Crippen molar-refractivity contribution in [3.05, 3.63) is 47.5 Å². The quantitative estimate of drug-likeness (QED) is 0.554. The molecule has 2 nitrogen and oxygen atoms in total. The SMILES string of the molecule is CC(/C=C/CO[Si](C)(C)C(C)(C)C)C1C(=O)Cc2ccccc21. The number of Topliss-reactive ketones (excluding diaryl/α,β-unsaturated/α-hetero) is 1. The van der Waals surface area contributed by atoms with E-state index in [2.05, 4.69) is 65.1 Å². The van der Waals surface area contributed by atoms with Crippen molar-refractivity contribution < 1.29 is 9.22 Å². The van der Waals surface area contributed by atoms with Crippen molar-refractivity contribution in [3.8, 4) is 0 Å². The number of carbonyl (C=O) groups is 1. The molecule has 0 heterocycles. The first-order valence-corrected chi connectivity index (χ1v) is 11.5. The van der Waals surface area contributed by atoms with Crippen molar-refractivity contribution in [1.82, 2.24) is 0 Å². The van der Waals surface area contributed by atoms with Gasteiger partial charge in [-0.15, -0.1) is 0 Å². The lowest BCUT2D eigenvalue weighted by Crippen LogP contribution is -2.40. The van der Waals surface area contributed by atoms with E-state index in [1.807, 2.05) is 12.1 Å². The van der Waals surface area contributed by atoms with Crippen molar-refractivity contribution in [2.75, 3.05) is 6.61 Å². The third-order valence-corrected chi connectivity index (χ3v) is 9.91. The Morgan fingerprint density at radius 3 is 2.61 bits per heavy atom. The van der Waals surface area contributed by atoms with Crippen LogP contribution in [0.25, 0.3) is 0 Å². The van der Waals surface area contributed by atoms with E-state index in [0.717, 1.165) is 0 Å². The van der Waals surface area contributed by atoms with Crippen molar-refractivity contribution in [2.24, 2.45) is 5.92 Å². The van der Waals surface area contributed by atoms with Gasteiger partial charge in [0.2, 0.25) is 0 Å². The second-order valence-electron chi connectivity index (χ2n) is 8.18. The Hall–Kier alpha value is -1.19. The van der Waals surface area contributed by atoms with E-state index >= 15 is 0 Å². The molecule has 0 aliphatic heterocycles. The van der Waals surface area contributed by atoms with E-state index in [0.29, 0.717) is 18.8 Å². The first kappa shape index (κ1) is 18.1. The Kier molecular flexibility index (Phi) is 5.32. The number of ketones is 1. The van der Waals surface area contributed by atoms with Gasteiger partial charge in [0.25, 0.3) is 0 Å². The standard InChI is InChI=1S/C20H30O2Si/c1-15(10-9-13-22-23(5,6)20(2,3)4)19-17-12-8-7-11-16(17)14-18(19)21/h7-12,15,19H,13-14H2,1-6H3/b10-9+. The third kappa shape index (κ3) is 4.02. The van der Waals surface area contributed by atoms with Crippen LogP contribution in [0.2, 0.25) is 18.1 Å². The Labute approximate surface area is 142 Å². The summed E-state index contributed by atoms with van der Waals surface area (Å²) in [7, 11) is -1.70. The van der Waals surface area contributed by atoms with Crippen LogP contribution in [0, 0.1) is 5.92 Å². The molecule has 126 valence electrons. The summed E-state index contributed by atoms with van der Waals surface area (Å²) in [6.07, 6.45) is 4.83. The molecule has 1 aliphatic carbocycles. The molecule has 0 N–H and O–H groups in total. The van der Waals surface area contributed by atoms with Crippen LogP contribution in [-0.4, -0.2) is 20.7 Å². The summed E-state index contributed by atoms with van der Waals surface area (Å²) in [6.45, 7) is 14.1. The first-order chi connectivity index (χ1) is 10.6. The van der Waals surface area contributed by atoms with Gasteiger partial charge in [0.05, 0.1) is 6.61 Å². The minimum atomic E-state index is -1.70. The second-order valence-corrected chi connectivity index (χ2v) is 13.0. The molecule has 2 rings (SSSR count). The molecule has 0 bridgehead atoms. The molecule has 0 fully saturated rings. The first-order valence-electron chi connectivity index (χ1n) is 8.54. The van der Waals surface area contributed by atoms with Gasteiger partial charge in [-0.25, -0.2) is 0 Å². The van der Waals surface area contributed by atoms with Gasteiger partial charge in [-0.3, -0.25) is 4.79 Å². The molecular weight excluding hydrogens is 300 g/mol. The highest BCUT2D eigenvalue weighted by Crippen LogP contribution is 2.37. The highest BCUT2D eigenvalue weighted by molar-refractivity contribution is 6.74. The topological polar surface area (TPSA) is 26.3 Å². The number of hydrogen-bond acceptors (Lipinski definition) is 2. The van der Waals surface area contributed by atoms with Gasteiger partial charge < -0.3 is 4.43 Å². The highest BCUT2D eigenvalue weighted by Gasteiger charge is 2.37. The van der Waals surface area contributed by atoms with Gasteiger partial charge in [-0.2, -0.15) is 0 Å². The summed E-state index contributed by atoms with van der Waals surface area (Å²) >= 11 is 0. The second kappa shape index (κ2) is 6.74. The number of hydrogen-bond donors (Lipinski definition) is 0. The fraction of sp³-hybridized carbons (Fsp3) is 0.550. The van der Waals surface area contributed by atoms with Crippen molar-refractivity contribution >= 4 is 14.1 Å². The zero-order chi connectivity index (χ0) is 17.3. The average molecular weight is 331 g/mol. The fourth-order valence-corrected chi connectivity index (χ4v) is 3.85. The van der Waals surface area contributed by atoms with Crippen LogP contribution >= 0.6 is 0 Å². The number of rotatable bonds is 5. The molecule has 0 saturated carbocycles. The molecule has 0 amide bonds. The van der Waals surface area contributed by atoms with Crippen LogP contribution in [0.4, 0.5) is 0 Å². The molecule has 0 spiro atoms. The van der Waals surface area contributed by atoms with Crippen LogP contribution < -0.4 is 0 Å². The van der Waals surface area contributed by atoms with Crippen molar-refractivity contribution in [1.29, 1.82) is 0 Å².